The first-order valence-electron chi connectivity index (χ1n) is 8.94. The highest BCUT2D eigenvalue weighted by Crippen LogP contribution is 2.30. The molecule has 2 aromatic heterocycles. The Kier molecular flexibility index (Phi) is 5.20. The van der Waals surface area contributed by atoms with E-state index in [0.717, 1.165) is 49.1 Å². The number of halogens is 4. The highest BCUT2D eigenvalue weighted by Gasteiger charge is 2.33. The van der Waals surface area contributed by atoms with Crippen molar-refractivity contribution >= 4 is 33.4 Å². The van der Waals surface area contributed by atoms with Gasteiger partial charge in [0.1, 0.15) is 10.5 Å². The summed E-state index contributed by atoms with van der Waals surface area (Å²) in [5.74, 6) is 0. The third-order valence-electron chi connectivity index (χ3n) is 4.85. The van der Waals surface area contributed by atoms with Crippen LogP contribution in [0.1, 0.15) is 30.5 Å². The van der Waals surface area contributed by atoms with E-state index >= 15 is 0 Å². The van der Waals surface area contributed by atoms with Crippen molar-refractivity contribution in [1.82, 2.24) is 13.8 Å². The van der Waals surface area contributed by atoms with Gasteiger partial charge in [0.25, 0.3) is 5.56 Å². The SMILES string of the molecule is O=c1c2ccc(C(F)(F)F)nc2sn1-c1ccc(Cl)c(CN2CCCCC2)c1. The summed E-state index contributed by atoms with van der Waals surface area (Å²) in [5, 5.41) is 0.784. The van der Waals surface area contributed by atoms with E-state index in [0.29, 0.717) is 17.3 Å². The number of likely N-dealkylation sites (tertiary alicyclic amines) is 1. The lowest BCUT2D eigenvalue weighted by molar-refractivity contribution is -0.140. The zero-order valence-electron chi connectivity index (χ0n) is 14.8. The molecule has 148 valence electrons. The molecule has 1 aliphatic heterocycles. The molecule has 0 bridgehead atoms. The van der Waals surface area contributed by atoms with E-state index in [-0.39, 0.29) is 15.8 Å². The molecule has 4 nitrogen and oxygen atoms in total. The second-order valence-electron chi connectivity index (χ2n) is 6.85. The second kappa shape index (κ2) is 7.50. The Hall–Kier alpha value is -1.90. The van der Waals surface area contributed by atoms with Crippen LogP contribution in [0.5, 0.6) is 0 Å². The van der Waals surface area contributed by atoms with Crippen molar-refractivity contribution < 1.29 is 13.2 Å². The normalized spacial score (nSPS) is 16.0. The van der Waals surface area contributed by atoms with Gasteiger partial charge in [-0.3, -0.25) is 9.69 Å². The van der Waals surface area contributed by atoms with E-state index in [2.05, 4.69) is 9.88 Å². The standard InChI is InChI=1S/C19H17ClF3N3OS/c20-15-6-4-13(10-12(15)11-25-8-2-1-3-9-25)26-18(27)14-5-7-16(19(21,22)23)24-17(14)28-26/h4-7,10H,1-3,8-9,11H2. The minimum absolute atomic E-state index is 0.0624. The predicted molar refractivity (Wildman–Crippen MR) is 104 cm³/mol. The first-order chi connectivity index (χ1) is 13.3. The topological polar surface area (TPSA) is 38.1 Å². The molecular formula is C19H17ClF3N3OS. The van der Waals surface area contributed by atoms with Crippen LogP contribution < -0.4 is 5.56 Å². The number of aromatic nitrogens is 2. The fourth-order valence-electron chi connectivity index (χ4n) is 3.41. The Morgan fingerprint density at radius 3 is 2.57 bits per heavy atom. The average Bonchev–Trinajstić information content (AvgIpc) is 3.00. The molecular weight excluding hydrogens is 411 g/mol. The molecule has 0 amide bonds. The van der Waals surface area contributed by atoms with Gasteiger partial charge in [-0.25, -0.2) is 8.94 Å². The van der Waals surface area contributed by atoms with E-state index in [4.69, 9.17) is 11.6 Å². The maximum atomic E-state index is 12.9. The van der Waals surface area contributed by atoms with Gasteiger partial charge in [0.05, 0.1) is 11.1 Å². The molecule has 28 heavy (non-hydrogen) atoms. The van der Waals surface area contributed by atoms with Crippen LogP contribution in [-0.2, 0) is 12.7 Å². The molecule has 0 saturated carbocycles. The number of hydrogen-bond acceptors (Lipinski definition) is 4. The van der Waals surface area contributed by atoms with Crippen LogP contribution in [-0.4, -0.2) is 26.9 Å². The molecule has 0 unspecified atom stereocenters. The Morgan fingerprint density at radius 1 is 1.11 bits per heavy atom. The van der Waals surface area contributed by atoms with Gasteiger partial charge in [-0.1, -0.05) is 18.0 Å². The smallest absolute Gasteiger partial charge is 0.299 e. The van der Waals surface area contributed by atoms with Gasteiger partial charge in [0, 0.05) is 11.6 Å². The number of nitrogens with zero attached hydrogens (tertiary/aromatic N) is 3. The summed E-state index contributed by atoms with van der Waals surface area (Å²) in [5.41, 5.74) is 0.0927. The number of pyridine rings is 1. The average molecular weight is 428 g/mol. The maximum absolute atomic E-state index is 12.9. The minimum Gasteiger partial charge on any atom is -0.299 e. The Balaban J connectivity index is 1.72. The highest BCUT2D eigenvalue weighted by atomic mass is 35.5. The number of rotatable bonds is 3. The molecule has 9 heteroatoms. The van der Waals surface area contributed by atoms with E-state index < -0.39 is 11.9 Å². The van der Waals surface area contributed by atoms with Crippen molar-refractivity contribution in [3.05, 3.63) is 57.0 Å². The molecule has 3 aromatic rings. The van der Waals surface area contributed by atoms with Crippen molar-refractivity contribution in [1.29, 1.82) is 0 Å². The summed E-state index contributed by atoms with van der Waals surface area (Å²) in [7, 11) is 0. The van der Waals surface area contributed by atoms with E-state index in [1.165, 1.54) is 16.4 Å². The van der Waals surface area contributed by atoms with Crippen molar-refractivity contribution in [3.63, 3.8) is 0 Å². The molecule has 3 heterocycles. The van der Waals surface area contributed by atoms with Gasteiger partial charge >= 0.3 is 6.18 Å². The van der Waals surface area contributed by atoms with E-state index in [1.807, 2.05) is 6.07 Å². The Morgan fingerprint density at radius 2 is 1.86 bits per heavy atom. The zero-order chi connectivity index (χ0) is 19.9. The molecule has 0 radical (unpaired) electrons. The van der Waals surface area contributed by atoms with Crippen LogP contribution in [0.25, 0.3) is 15.9 Å². The third-order valence-corrected chi connectivity index (χ3v) is 6.26. The molecule has 4 rings (SSSR count). The highest BCUT2D eigenvalue weighted by molar-refractivity contribution is 7.13. The van der Waals surface area contributed by atoms with Crippen LogP contribution in [0, 0.1) is 0 Å². The molecule has 0 aliphatic carbocycles. The van der Waals surface area contributed by atoms with Crippen LogP contribution in [0.3, 0.4) is 0 Å². The van der Waals surface area contributed by atoms with Crippen molar-refractivity contribution in [2.45, 2.75) is 32.0 Å². The van der Waals surface area contributed by atoms with Gasteiger partial charge in [0.2, 0.25) is 0 Å². The lowest BCUT2D eigenvalue weighted by Crippen LogP contribution is -2.29. The first kappa shape index (κ1) is 19.4. The van der Waals surface area contributed by atoms with Gasteiger partial charge in [-0.2, -0.15) is 13.2 Å². The number of hydrogen-bond donors (Lipinski definition) is 0. The van der Waals surface area contributed by atoms with E-state index in [9.17, 15) is 18.0 Å². The summed E-state index contributed by atoms with van der Waals surface area (Å²) in [6, 6.07) is 7.28. The van der Waals surface area contributed by atoms with Crippen LogP contribution >= 0.6 is 23.1 Å². The van der Waals surface area contributed by atoms with Gasteiger partial charge in [-0.05, 0) is 73.4 Å². The largest absolute Gasteiger partial charge is 0.433 e. The predicted octanol–water partition coefficient (Wildman–Crippen LogP) is 5.11. The Bertz CT molecular complexity index is 1070. The van der Waals surface area contributed by atoms with Crippen molar-refractivity contribution in [3.8, 4) is 5.69 Å². The summed E-state index contributed by atoms with van der Waals surface area (Å²) < 4.78 is 40.1. The summed E-state index contributed by atoms with van der Waals surface area (Å²) in [6.07, 6.45) is -1.01. The summed E-state index contributed by atoms with van der Waals surface area (Å²) in [4.78, 5) is 18.7. The maximum Gasteiger partial charge on any atom is 0.433 e. The Labute approximate surface area is 168 Å². The zero-order valence-corrected chi connectivity index (χ0v) is 16.4. The number of fused-ring (bicyclic) bond motifs is 1. The number of alkyl halides is 3. The molecule has 0 spiro atoms. The number of piperidine rings is 1. The van der Waals surface area contributed by atoms with Crippen LogP contribution in [0.2, 0.25) is 5.02 Å². The lowest BCUT2D eigenvalue weighted by atomic mass is 10.1. The molecule has 0 N–H and O–H groups in total. The monoisotopic (exact) mass is 427 g/mol. The molecule has 0 atom stereocenters. The second-order valence-corrected chi connectivity index (χ2v) is 8.19. The molecule has 1 saturated heterocycles. The minimum atomic E-state index is -4.55. The van der Waals surface area contributed by atoms with Crippen LogP contribution in [0.4, 0.5) is 13.2 Å². The van der Waals surface area contributed by atoms with Gasteiger partial charge in [-0.15, -0.1) is 0 Å². The summed E-state index contributed by atoms with van der Waals surface area (Å²) >= 11 is 7.25. The van der Waals surface area contributed by atoms with Crippen LogP contribution in [0.15, 0.2) is 35.1 Å². The molecule has 1 aliphatic rings. The lowest BCUT2D eigenvalue weighted by Gasteiger charge is -2.26. The van der Waals surface area contributed by atoms with Crippen molar-refractivity contribution in [2.75, 3.05) is 13.1 Å². The third kappa shape index (κ3) is 3.81. The fraction of sp³-hybridized carbons (Fsp3) is 0.368. The first-order valence-corrected chi connectivity index (χ1v) is 10.1. The fourth-order valence-corrected chi connectivity index (χ4v) is 4.55. The molecule has 1 aromatic carbocycles. The van der Waals surface area contributed by atoms with Crippen molar-refractivity contribution in [2.24, 2.45) is 0 Å². The van der Waals surface area contributed by atoms with Gasteiger partial charge < -0.3 is 0 Å². The quantitative estimate of drug-likeness (QED) is 0.583. The summed E-state index contributed by atoms with van der Waals surface area (Å²) in [6.45, 7) is 2.70. The molecule has 1 fully saturated rings. The van der Waals surface area contributed by atoms with Gasteiger partial charge in [0.15, 0.2) is 0 Å². The number of benzene rings is 1. The van der Waals surface area contributed by atoms with E-state index in [1.54, 1.807) is 12.1 Å².